The fourth-order valence-electron chi connectivity index (χ4n) is 0.649. The maximum Gasteiger partial charge on any atom is 0.121 e. The molecular weight excluding hydrogens is 174 g/mol. The van der Waals surface area contributed by atoms with Crippen LogP contribution in [0.25, 0.3) is 0 Å². The van der Waals surface area contributed by atoms with Crippen molar-refractivity contribution in [2.75, 3.05) is 12.8 Å². The first kappa shape index (κ1) is 11.1. The molecule has 0 heterocycles. The highest BCUT2D eigenvalue weighted by Gasteiger charge is 1.95. The molecule has 68 valence electrons. The molecule has 0 saturated carbocycles. The maximum atomic E-state index is 5.66. The van der Waals surface area contributed by atoms with E-state index < -0.39 is 0 Å². The average molecular weight is 188 g/mol. The SMILES string of the molecule is CC.COc1ccc(Cl)c(N)c1. The van der Waals surface area contributed by atoms with Gasteiger partial charge < -0.3 is 10.5 Å². The largest absolute Gasteiger partial charge is 0.497 e. The molecule has 0 aliphatic rings. The summed E-state index contributed by atoms with van der Waals surface area (Å²) in [5.41, 5.74) is 6.03. The third kappa shape index (κ3) is 3.01. The van der Waals surface area contributed by atoms with Gasteiger partial charge in [0, 0.05) is 6.07 Å². The van der Waals surface area contributed by atoms with E-state index in [4.69, 9.17) is 22.1 Å². The highest BCUT2D eigenvalue weighted by molar-refractivity contribution is 6.33. The fraction of sp³-hybridized carbons (Fsp3) is 0.333. The number of halogens is 1. The van der Waals surface area contributed by atoms with Gasteiger partial charge in [0.15, 0.2) is 0 Å². The van der Waals surface area contributed by atoms with Crippen molar-refractivity contribution in [2.45, 2.75) is 13.8 Å². The van der Waals surface area contributed by atoms with Crippen molar-refractivity contribution in [2.24, 2.45) is 0 Å². The van der Waals surface area contributed by atoms with E-state index in [0.29, 0.717) is 10.7 Å². The normalized spacial score (nSPS) is 8.33. The van der Waals surface area contributed by atoms with Gasteiger partial charge >= 0.3 is 0 Å². The van der Waals surface area contributed by atoms with Gasteiger partial charge in [0.2, 0.25) is 0 Å². The molecular formula is C9H14ClNO. The van der Waals surface area contributed by atoms with Crippen LogP contribution in [-0.2, 0) is 0 Å². The Morgan fingerprint density at radius 3 is 2.33 bits per heavy atom. The van der Waals surface area contributed by atoms with Gasteiger partial charge in [-0.25, -0.2) is 0 Å². The van der Waals surface area contributed by atoms with Gasteiger partial charge in [0.1, 0.15) is 5.75 Å². The summed E-state index contributed by atoms with van der Waals surface area (Å²) in [7, 11) is 1.59. The van der Waals surface area contributed by atoms with Crippen LogP contribution in [0.2, 0.25) is 5.02 Å². The molecule has 0 spiro atoms. The molecule has 12 heavy (non-hydrogen) atoms. The Bertz CT molecular complexity index is 238. The Morgan fingerprint density at radius 2 is 1.92 bits per heavy atom. The second-order valence-electron chi connectivity index (χ2n) is 1.89. The second kappa shape index (κ2) is 5.72. The van der Waals surface area contributed by atoms with Crippen LogP contribution >= 0.6 is 11.6 Å². The third-order valence-corrected chi connectivity index (χ3v) is 1.55. The van der Waals surface area contributed by atoms with Crippen LogP contribution in [0.1, 0.15) is 13.8 Å². The van der Waals surface area contributed by atoms with Crippen LogP contribution < -0.4 is 10.5 Å². The lowest BCUT2D eigenvalue weighted by molar-refractivity contribution is 0.415. The number of nitrogen functional groups attached to an aromatic ring is 1. The predicted molar refractivity (Wildman–Crippen MR) is 53.8 cm³/mol. The van der Waals surface area contributed by atoms with Crippen molar-refractivity contribution in [1.82, 2.24) is 0 Å². The van der Waals surface area contributed by atoms with Gasteiger partial charge in [0.05, 0.1) is 17.8 Å². The molecule has 0 amide bonds. The topological polar surface area (TPSA) is 35.2 Å². The van der Waals surface area contributed by atoms with E-state index in [2.05, 4.69) is 0 Å². The molecule has 1 aromatic rings. The first-order valence-corrected chi connectivity index (χ1v) is 4.21. The van der Waals surface area contributed by atoms with Crippen LogP contribution in [0.3, 0.4) is 0 Å². The van der Waals surface area contributed by atoms with E-state index in [1.54, 1.807) is 25.3 Å². The van der Waals surface area contributed by atoms with Crippen LogP contribution in [-0.4, -0.2) is 7.11 Å². The number of hydrogen-bond acceptors (Lipinski definition) is 2. The zero-order valence-electron chi connectivity index (χ0n) is 7.60. The van der Waals surface area contributed by atoms with E-state index in [0.717, 1.165) is 5.75 Å². The molecule has 0 aromatic heterocycles. The van der Waals surface area contributed by atoms with E-state index >= 15 is 0 Å². The Balaban J connectivity index is 0.000000561. The number of nitrogens with two attached hydrogens (primary N) is 1. The van der Waals surface area contributed by atoms with Crippen LogP contribution in [0.4, 0.5) is 5.69 Å². The van der Waals surface area contributed by atoms with Gasteiger partial charge in [-0.2, -0.15) is 0 Å². The van der Waals surface area contributed by atoms with Gasteiger partial charge in [-0.05, 0) is 12.1 Å². The molecule has 0 saturated heterocycles. The summed E-state index contributed by atoms with van der Waals surface area (Å²) < 4.78 is 4.91. The summed E-state index contributed by atoms with van der Waals surface area (Å²) in [5, 5.41) is 0.556. The molecule has 2 N–H and O–H groups in total. The molecule has 0 bridgehead atoms. The minimum atomic E-state index is 0.543. The van der Waals surface area contributed by atoms with Gasteiger partial charge in [-0.3, -0.25) is 0 Å². The molecule has 1 rings (SSSR count). The quantitative estimate of drug-likeness (QED) is 0.687. The molecule has 0 unspecified atom stereocenters. The zero-order chi connectivity index (χ0) is 9.56. The van der Waals surface area contributed by atoms with Crippen molar-refractivity contribution in [3.05, 3.63) is 23.2 Å². The fourth-order valence-corrected chi connectivity index (χ4v) is 0.766. The monoisotopic (exact) mass is 187 g/mol. The van der Waals surface area contributed by atoms with E-state index in [9.17, 15) is 0 Å². The summed E-state index contributed by atoms with van der Waals surface area (Å²) in [5.74, 6) is 0.724. The summed E-state index contributed by atoms with van der Waals surface area (Å²) in [6.45, 7) is 4.00. The number of hydrogen-bond donors (Lipinski definition) is 1. The molecule has 1 aromatic carbocycles. The zero-order valence-corrected chi connectivity index (χ0v) is 8.35. The average Bonchev–Trinajstić information content (AvgIpc) is 2.13. The smallest absolute Gasteiger partial charge is 0.121 e. The first-order chi connectivity index (χ1) is 5.74. The second-order valence-corrected chi connectivity index (χ2v) is 2.29. The molecule has 3 heteroatoms. The Morgan fingerprint density at radius 1 is 1.33 bits per heavy atom. The molecule has 0 aliphatic carbocycles. The lowest BCUT2D eigenvalue weighted by Gasteiger charge is -2.00. The van der Waals surface area contributed by atoms with E-state index in [-0.39, 0.29) is 0 Å². The van der Waals surface area contributed by atoms with Gasteiger partial charge in [-0.15, -0.1) is 0 Å². The molecule has 0 fully saturated rings. The lowest BCUT2D eigenvalue weighted by atomic mass is 10.3. The summed E-state index contributed by atoms with van der Waals surface area (Å²) >= 11 is 5.66. The molecule has 2 nitrogen and oxygen atoms in total. The number of ether oxygens (including phenoxy) is 1. The minimum Gasteiger partial charge on any atom is -0.497 e. The summed E-state index contributed by atoms with van der Waals surface area (Å²) in [4.78, 5) is 0. The highest BCUT2D eigenvalue weighted by atomic mass is 35.5. The molecule has 0 atom stereocenters. The van der Waals surface area contributed by atoms with Crippen molar-refractivity contribution in [1.29, 1.82) is 0 Å². The van der Waals surface area contributed by atoms with Crippen LogP contribution in [0.15, 0.2) is 18.2 Å². The van der Waals surface area contributed by atoms with Crippen LogP contribution in [0.5, 0.6) is 5.75 Å². The maximum absolute atomic E-state index is 5.66. The number of methoxy groups -OCH3 is 1. The predicted octanol–water partition coefficient (Wildman–Crippen LogP) is 2.96. The van der Waals surface area contributed by atoms with Crippen molar-refractivity contribution in [3.63, 3.8) is 0 Å². The Labute approximate surface area is 78.3 Å². The number of anilines is 1. The first-order valence-electron chi connectivity index (χ1n) is 3.83. The minimum absolute atomic E-state index is 0.543. The number of benzene rings is 1. The standard InChI is InChI=1S/C7H8ClNO.C2H6/c1-10-5-2-3-6(8)7(9)4-5;1-2/h2-4H,9H2,1H3;1-2H3. The molecule has 0 aliphatic heterocycles. The van der Waals surface area contributed by atoms with E-state index in [1.165, 1.54) is 0 Å². The third-order valence-electron chi connectivity index (χ3n) is 1.20. The van der Waals surface area contributed by atoms with Crippen molar-refractivity contribution < 1.29 is 4.74 Å². The molecule has 0 radical (unpaired) electrons. The summed E-state index contributed by atoms with van der Waals surface area (Å²) in [6.07, 6.45) is 0. The Kier molecular flexibility index (Phi) is 5.30. The van der Waals surface area contributed by atoms with Gasteiger partial charge in [-0.1, -0.05) is 25.4 Å². The summed E-state index contributed by atoms with van der Waals surface area (Å²) in [6, 6.07) is 5.15. The van der Waals surface area contributed by atoms with Crippen molar-refractivity contribution >= 4 is 17.3 Å². The van der Waals surface area contributed by atoms with E-state index in [1.807, 2.05) is 13.8 Å². The van der Waals surface area contributed by atoms with Crippen molar-refractivity contribution in [3.8, 4) is 5.75 Å². The van der Waals surface area contributed by atoms with Crippen LogP contribution in [0, 0.1) is 0 Å². The number of rotatable bonds is 1. The Hall–Kier alpha value is -0.890. The van der Waals surface area contributed by atoms with Gasteiger partial charge in [0.25, 0.3) is 0 Å². The lowest BCUT2D eigenvalue weighted by Crippen LogP contribution is -1.88. The highest BCUT2D eigenvalue weighted by Crippen LogP contribution is 2.23.